The second-order valence-corrected chi connectivity index (χ2v) is 4.05. The number of nitrogen functional groups attached to an aromatic ring is 1. The van der Waals surface area contributed by atoms with Crippen LogP contribution in [0.5, 0.6) is 0 Å². The van der Waals surface area contributed by atoms with Gasteiger partial charge in [-0.05, 0) is 25.0 Å². The molecule has 0 aliphatic carbocycles. The number of anilines is 1. The van der Waals surface area contributed by atoms with Crippen molar-refractivity contribution in [3.05, 3.63) is 29.8 Å². The fourth-order valence-electron chi connectivity index (χ4n) is 1.91. The molecule has 4 N–H and O–H groups in total. The Labute approximate surface area is 100 Å². The van der Waals surface area contributed by atoms with E-state index in [9.17, 15) is 4.79 Å². The molecule has 1 saturated heterocycles. The van der Waals surface area contributed by atoms with Crippen molar-refractivity contribution in [1.82, 2.24) is 5.32 Å². The largest absolute Gasteiger partial charge is 0.381 e. The summed E-state index contributed by atoms with van der Waals surface area (Å²) in [6.45, 7) is 1.42. The van der Waals surface area contributed by atoms with Gasteiger partial charge in [-0.2, -0.15) is 0 Å². The summed E-state index contributed by atoms with van der Waals surface area (Å²) in [4.78, 5) is 12.0. The first-order chi connectivity index (χ1) is 8.31. The average molecular weight is 235 g/mol. The van der Waals surface area contributed by atoms with Crippen molar-refractivity contribution in [3.63, 3.8) is 0 Å². The lowest BCUT2D eigenvalue weighted by molar-refractivity contribution is 0.0697. The third kappa shape index (κ3) is 2.95. The maximum absolute atomic E-state index is 12.0. The third-order valence-electron chi connectivity index (χ3n) is 2.88. The van der Waals surface area contributed by atoms with Crippen LogP contribution in [-0.2, 0) is 4.74 Å². The third-order valence-corrected chi connectivity index (χ3v) is 2.88. The molecule has 0 spiro atoms. The van der Waals surface area contributed by atoms with Crippen LogP contribution in [0.15, 0.2) is 24.3 Å². The Morgan fingerprint density at radius 2 is 2.00 bits per heavy atom. The Kier molecular flexibility index (Phi) is 3.95. The van der Waals surface area contributed by atoms with E-state index in [1.54, 1.807) is 12.1 Å². The molecule has 0 unspecified atom stereocenters. The quantitative estimate of drug-likeness (QED) is 0.537. The molecule has 0 radical (unpaired) electrons. The van der Waals surface area contributed by atoms with E-state index in [0.29, 0.717) is 24.5 Å². The number of para-hydroxylation sites is 1. The zero-order valence-corrected chi connectivity index (χ0v) is 9.61. The fraction of sp³-hybridized carbons (Fsp3) is 0.417. The first-order valence-corrected chi connectivity index (χ1v) is 5.75. The first-order valence-electron chi connectivity index (χ1n) is 5.75. The van der Waals surface area contributed by atoms with E-state index >= 15 is 0 Å². The number of hydrogen-bond acceptors (Lipinski definition) is 4. The van der Waals surface area contributed by atoms with Crippen LogP contribution in [0.3, 0.4) is 0 Å². The van der Waals surface area contributed by atoms with Crippen LogP contribution in [0.2, 0.25) is 0 Å². The number of hydrogen-bond donors (Lipinski definition) is 3. The summed E-state index contributed by atoms with van der Waals surface area (Å²) in [7, 11) is 0. The minimum Gasteiger partial charge on any atom is -0.381 e. The Morgan fingerprint density at radius 1 is 1.29 bits per heavy atom. The van der Waals surface area contributed by atoms with Crippen LogP contribution in [0, 0.1) is 0 Å². The second kappa shape index (κ2) is 5.65. The highest BCUT2D eigenvalue weighted by atomic mass is 16.5. The molecule has 0 atom stereocenters. The number of ether oxygens (including phenoxy) is 1. The Hall–Kier alpha value is -1.59. The monoisotopic (exact) mass is 235 g/mol. The number of carbonyl (C=O) groups is 1. The fourth-order valence-corrected chi connectivity index (χ4v) is 1.91. The van der Waals surface area contributed by atoms with E-state index in [4.69, 9.17) is 10.6 Å². The molecular weight excluding hydrogens is 218 g/mol. The molecular formula is C12H17N3O2. The maximum Gasteiger partial charge on any atom is 0.253 e. The molecule has 2 rings (SSSR count). The van der Waals surface area contributed by atoms with Crippen molar-refractivity contribution in [2.45, 2.75) is 18.9 Å². The lowest BCUT2D eigenvalue weighted by Gasteiger charge is -2.23. The summed E-state index contributed by atoms with van der Waals surface area (Å²) < 4.78 is 5.25. The van der Waals surface area contributed by atoms with E-state index in [2.05, 4.69) is 10.7 Å². The highest BCUT2D eigenvalue weighted by molar-refractivity contribution is 5.99. The molecule has 1 aromatic rings. The van der Waals surface area contributed by atoms with Crippen molar-refractivity contribution in [2.24, 2.45) is 5.84 Å². The van der Waals surface area contributed by atoms with Gasteiger partial charge >= 0.3 is 0 Å². The van der Waals surface area contributed by atoms with Gasteiger partial charge in [-0.3, -0.25) is 10.6 Å². The molecule has 1 aromatic carbocycles. The van der Waals surface area contributed by atoms with Gasteiger partial charge < -0.3 is 15.5 Å². The lowest BCUT2D eigenvalue weighted by atomic mass is 10.1. The van der Waals surface area contributed by atoms with Gasteiger partial charge in [-0.25, -0.2) is 0 Å². The highest BCUT2D eigenvalue weighted by Gasteiger charge is 2.18. The van der Waals surface area contributed by atoms with Crippen molar-refractivity contribution in [3.8, 4) is 0 Å². The smallest absolute Gasteiger partial charge is 0.253 e. The first kappa shape index (κ1) is 11.9. The predicted octanol–water partition coefficient (Wildman–Crippen LogP) is 0.881. The molecule has 1 amide bonds. The van der Waals surface area contributed by atoms with Gasteiger partial charge in [-0.1, -0.05) is 12.1 Å². The van der Waals surface area contributed by atoms with E-state index in [1.165, 1.54) is 0 Å². The number of carbonyl (C=O) groups excluding carboxylic acids is 1. The summed E-state index contributed by atoms with van der Waals surface area (Å²) in [5, 5.41) is 3.00. The zero-order valence-electron chi connectivity index (χ0n) is 9.61. The summed E-state index contributed by atoms with van der Waals surface area (Å²) in [5.74, 6) is 5.28. The number of hydrazine groups is 1. The lowest BCUT2D eigenvalue weighted by Crippen LogP contribution is -2.39. The number of amides is 1. The molecule has 5 heteroatoms. The summed E-state index contributed by atoms with van der Waals surface area (Å²) in [5.41, 5.74) is 3.74. The van der Waals surface area contributed by atoms with Crippen LogP contribution < -0.4 is 16.6 Å². The van der Waals surface area contributed by atoms with Gasteiger partial charge in [0.25, 0.3) is 5.91 Å². The van der Waals surface area contributed by atoms with Crippen LogP contribution in [0.4, 0.5) is 5.69 Å². The summed E-state index contributed by atoms with van der Waals surface area (Å²) >= 11 is 0. The highest BCUT2D eigenvalue weighted by Crippen LogP contribution is 2.14. The normalized spacial score (nSPS) is 16.5. The molecule has 5 nitrogen and oxygen atoms in total. The number of nitrogens with two attached hydrogens (primary N) is 1. The van der Waals surface area contributed by atoms with E-state index in [1.807, 2.05) is 12.1 Å². The number of nitrogens with one attached hydrogen (secondary N) is 2. The second-order valence-electron chi connectivity index (χ2n) is 4.05. The summed E-state index contributed by atoms with van der Waals surface area (Å²) in [6, 6.07) is 7.38. The van der Waals surface area contributed by atoms with E-state index in [-0.39, 0.29) is 11.9 Å². The minimum absolute atomic E-state index is 0.0922. The molecule has 0 saturated carbocycles. The van der Waals surface area contributed by atoms with Gasteiger partial charge in [-0.15, -0.1) is 0 Å². The van der Waals surface area contributed by atoms with Crippen molar-refractivity contribution < 1.29 is 9.53 Å². The van der Waals surface area contributed by atoms with Crippen LogP contribution >= 0.6 is 0 Å². The van der Waals surface area contributed by atoms with Gasteiger partial charge in [0, 0.05) is 19.3 Å². The molecule has 1 fully saturated rings. The van der Waals surface area contributed by atoms with Crippen LogP contribution in [-0.4, -0.2) is 25.2 Å². The topological polar surface area (TPSA) is 76.4 Å². The zero-order chi connectivity index (χ0) is 12.1. The average Bonchev–Trinajstić information content (AvgIpc) is 2.40. The molecule has 17 heavy (non-hydrogen) atoms. The molecule has 1 heterocycles. The van der Waals surface area contributed by atoms with E-state index < -0.39 is 0 Å². The van der Waals surface area contributed by atoms with Crippen molar-refractivity contribution in [1.29, 1.82) is 0 Å². The Bertz CT molecular complexity index is 389. The van der Waals surface area contributed by atoms with Crippen LogP contribution in [0.25, 0.3) is 0 Å². The molecule has 0 aromatic heterocycles. The van der Waals surface area contributed by atoms with Gasteiger partial charge in [0.05, 0.1) is 11.3 Å². The number of rotatable bonds is 3. The van der Waals surface area contributed by atoms with Crippen molar-refractivity contribution in [2.75, 3.05) is 18.6 Å². The predicted molar refractivity (Wildman–Crippen MR) is 65.6 cm³/mol. The Balaban J connectivity index is 2.03. The standard InChI is InChI=1S/C12H17N3O2/c13-15-11-4-2-1-3-10(11)12(16)14-9-5-7-17-8-6-9/h1-4,9,15H,5-8,13H2,(H,14,16). The molecule has 1 aliphatic rings. The SMILES string of the molecule is NNc1ccccc1C(=O)NC1CCOCC1. The van der Waals surface area contributed by atoms with Gasteiger partial charge in [0.15, 0.2) is 0 Å². The Morgan fingerprint density at radius 3 is 2.71 bits per heavy atom. The minimum atomic E-state index is -0.0922. The number of benzene rings is 1. The van der Waals surface area contributed by atoms with E-state index in [0.717, 1.165) is 12.8 Å². The molecule has 92 valence electrons. The maximum atomic E-state index is 12.0. The van der Waals surface area contributed by atoms with Crippen LogP contribution in [0.1, 0.15) is 23.2 Å². The molecule has 0 bridgehead atoms. The summed E-state index contributed by atoms with van der Waals surface area (Å²) in [6.07, 6.45) is 1.73. The van der Waals surface area contributed by atoms with Crippen molar-refractivity contribution >= 4 is 11.6 Å². The van der Waals surface area contributed by atoms with Gasteiger partial charge in [0.1, 0.15) is 0 Å². The van der Waals surface area contributed by atoms with Gasteiger partial charge in [0.2, 0.25) is 0 Å². The molecule has 1 aliphatic heterocycles.